The monoisotopic (exact) mass is 555 g/mol. The lowest BCUT2D eigenvalue weighted by Gasteiger charge is -2.15. The fourth-order valence-electron chi connectivity index (χ4n) is 4.70. The third-order valence-corrected chi connectivity index (χ3v) is 7.42. The number of piperidine rings is 1. The maximum Gasteiger partial charge on any atom is 0.292 e. The Morgan fingerprint density at radius 2 is 1.97 bits per heavy atom. The third kappa shape index (κ3) is 4.71. The number of fused-ring (bicyclic) bond motifs is 1. The highest BCUT2D eigenvalue weighted by Gasteiger charge is 2.46. The van der Waals surface area contributed by atoms with Crippen LogP contribution in [-0.4, -0.2) is 50.0 Å². The number of pyridine rings is 3. The molecule has 10 nitrogen and oxygen atoms in total. The summed E-state index contributed by atoms with van der Waals surface area (Å²) in [7, 11) is 1.33. The second kappa shape index (κ2) is 9.76. The van der Waals surface area contributed by atoms with Gasteiger partial charge in [-0.3, -0.25) is 24.5 Å². The molecule has 0 aromatic carbocycles. The van der Waals surface area contributed by atoms with Gasteiger partial charge in [0.1, 0.15) is 17.3 Å². The molecule has 4 aromatic heterocycles. The first-order valence-electron chi connectivity index (χ1n) is 11.9. The Labute approximate surface area is 223 Å². The molecule has 0 radical (unpaired) electrons. The van der Waals surface area contributed by atoms with E-state index in [2.05, 4.69) is 29.5 Å². The molecule has 2 fully saturated rings. The molecule has 1 saturated carbocycles. The molecule has 1 saturated heterocycles. The maximum atomic E-state index is 14.0. The van der Waals surface area contributed by atoms with Crippen molar-refractivity contribution in [3.63, 3.8) is 0 Å². The molecule has 1 N–H and O–H groups in total. The van der Waals surface area contributed by atoms with Crippen molar-refractivity contribution in [2.75, 3.05) is 30.4 Å². The molecule has 0 bridgehead atoms. The lowest BCUT2D eigenvalue weighted by Crippen LogP contribution is -2.23. The van der Waals surface area contributed by atoms with Crippen LogP contribution in [-0.2, 0) is 0 Å². The number of carbonyl (C=O) groups is 1. The molecule has 2 atom stereocenters. The van der Waals surface area contributed by atoms with Crippen molar-refractivity contribution in [3.05, 3.63) is 70.3 Å². The van der Waals surface area contributed by atoms with Crippen LogP contribution in [0.15, 0.2) is 47.7 Å². The summed E-state index contributed by atoms with van der Waals surface area (Å²) in [4.78, 5) is 40.2. The van der Waals surface area contributed by atoms with E-state index in [1.807, 2.05) is 0 Å². The molecule has 39 heavy (non-hydrogen) atoms. The Balaban J connectivity index is 1.40. The van der Waals surface area contributed by atoms with Crippen molar-refractivity contribution in [1.29, 1.82) is 0 Å². The van der Waals surface area contributed by atoms with Crippen molar-refractivity contribution in [2.45, 2.75) is 12.8 Å². The number of hydrogen-bond acceptors (Lipinski definition) is 9. The zero-order valence-corrected chi connectivity index (χ0v) is 21.2. The van der Waals surface area contributed by atoms with Gasteiger partial charge in [0, 0.05) is 48.1 Å². The molecule has 5 heterocycles. The van der Waals surface area contributed by atoms with E-state index in [1.165, 1.54) is 38.1 Å². The normalized spacial score (nSPS) is 17.8. The van der Waals surface area contributed by atoms with E-state index in [0.717, 1.165) is 47.5 Å². The molecule has 200 valence electrons. The van der Waals surface area contributed by atoms with E-state index >= 15 is 0 Å². The summed E-state index contributed by atoms with van der Waals surface area (Å²) < 4.78 is 51.7. The van der Waals surface area contributed by atoms with Crippen LogP contribution < -0.4 is 20.5 Å². The predicted molar refractivity (Wildman–Crippen MR) is 136 cm³/mol. The van der Waals surface area contributed by atoms with Crippen molar-refractivity contribution in [1.82, 2.24) is 23.9 Å². The number of anilines is 2. The Morgan fingerprint density at radius 1 is 1.18 bits per heavy atom. The second-order valence-electron chi connectivity index (χ2n) is 9.24. The molecular weight excluding hydrogens is 535 g/mol. The molecule has 6 rings (SSSR count). The molecule has 4 aromatic rings. The van der Waals surface area contributed by atoms with Gasteiger partial charge < -0.3 is 9.64 Å². The summed E-state index contributed by atoms with van der Waals surface area (Å²) in [5, 5.41) is 2.95. The van der Waals surface area contributed by atoms with Crippen molar-refractivity contribution >= 4 is 28.5 Å². The molecule has 2 aliphatic rings. The molecule has 1 aliphatic heterocycles. The zero-order valence-electron chi connectivity index (χ0n) is 20.3. The first kappa shape index (κ1) is 25.0. The minimum Gasteiger partial charge on any atom is -0.494 e. The number of amides is 1. The van der Waals surface area contributed by atoms with Gasteiger partial charge >= 0.3 is 0 Å². The molecule has 0 spiro atoms. The van der Waals surface area contributed by atoms with E-state index in [1.54, 1.807) is 0 Å². The average Bonchev–Trinajstić information content (AvgIpc) is 3.30. The van der Waals surface area contributed by atoms with Gasteiger partial charge in [0.15, 0.2) is 5.82 Å². The minimum absolute atomic E-state index is 0.0212. The highest BCUT2D eigenvalue weighted by atomic mass is 32.1. The topological polar surface area (TPSA) is 115 Å². The van der Waals surface area contributed by atoms with Gasteiger partial charge in [0.05, 0.1) is 18.9 Å². The SMILES string of the molecule is COc1cnc(C(F)F)cc1-c1cc(-n2cccc(F)c2=O)ncc1C(=O)Nc1nc(N2CC3CC3C2)ns1. The largest absolute Gasteiger partial charge is 0.494 e. The number of methoxy groups -OCH3 is 1. The van der Waals surface area contributed by atoms with Crippen LogP contribution in [0.4, 0.5) is 24.3 Å². The first-order chi connectivity index (χ1) is 18.8. The molecule has 1 amide bonds. The second-order valence-corrected chi connectivity index (χ2v) is 10.00. The maximum absolute atomic E-state index is 14.0. The van der Waals surface area contributed by atoms with Gasteiger partial charge in [-0.25, -0.2) is 18.2 Å². The van der Waals surface area contributed by atoms with Crippen molar-refractivity contribution in [2.24, 2.45) is 11.8 Å². The van der Waals surface area contributed by atoms with Crippen LogP contribution in [0.25, 0.3) is 16.9 Å². The smallest absolute Gasteiger partial charge is 0.292 e. The number of rotatable bonds is 7. The van der Waals surface area contributed by atoms with Gasteiger partial charge in [0.25, 0.3) is 17.9 Å². The van der Waals surface area contributed by atoms with Gasteiger partial charge in [-0.1, -0.05) is 0 Å². The minimum atomic E-state index is -2.89. The van der Waals surface area contributed by atoms with Crippen LogP contribution in [0, 0.1) is 17.7 Å². The first-order valence-corrected chi connectivity index (χ1v) is 12.7. The van der Waals surface area contributed by atoms with Crippen LogP contribution in [0.3, 0.4) is 0 Å². The summed E-state index contributed by atoms with van der Waals surface area (Å²) in [6, 6.07) is 4.74. The summed E-state index contributed by atoms with van der Waals surface area (Å²) in [6.45, 7) is 1.77. The van der Waals surface area contributed by atoms with Gasteiger partial charge in [-0.15, -0.1) is 0 Å². The molecular formula is C25H20F3N7O3S. The summed E-state index contributed by atoms with van der Waals surface area (Å²) in [5.74, 6) is 0.318. The number of halogens is 3. The lowest BCUT2D eigenvalue weighted by molar-refractivity contribution is 0.102. The fraction of sp³-hybridized carbons (Fsp3) is 0.280. The Bertz CT molecular complexity index is 1630. The predicted octanol–water partition coefficient (Wildman–Crippen LogP) is 3.94. The highest BCUT2D eigenvalue weighted by molar-refractivity contribution is 7.10. The summed E-state index contributed by atoms with van der Waals surface area (Å²) >= 11 is 1.02. The van der Waals surface area contributed by atoms with Crippen LogP contribution >= 0.6 is 11.5 Å². The van der Waals surface area contributed by atoms with Gasteiger partial charge in [0.2, 0.25) is 11.1 Å². The number of carbonyl (C=O) groups excluding carboxylic acids is 1. The Hall–Kier alpha value is -4.33. The number of hydrogen-bond donors (Lipinski definition) is 1. The van der Waals surface area contributed by atoms with E-state index in [-0.39, 0.29) is 33.4 Å². The molecule has 2 unspecified atom stereocenters. The van der Waals surface area contributed by atoms with Gasteiger partial charge in [-0.05, 0) is 42.5 Å². The Morgan fingerprint density at radius 3 is 2.72 bits per heavy atom. The number of alkyl halides is 2. The van der Waals surface area contributed by atoms with E-state index in [0.29, 0.717) is 17.8 Å². The van der Waals surface area contributed by atoms with Gasteiger partial charge in [-0.2, -0.15) is 9.36 Å². The summed E-state index contributed by atoms with van der Waals surface area (Å²) in [5.41, 5.74) is -1.32. The van der Waals surface area contributed by atoms with Crippen LogP contribution in [0.1, 0.15) is 28.9 Å². The highest BCUT2D eigenvalue weighted by Crippen LogP contribution is 2.46. The van der Waals surface area contributed by atoms with E-state index < -0.39 is 29.4 Å². The van der Waals surface area contributed by atoms with Crippen molar-refractivity contribution in [3.8, 4) is 22.7 Å². The molecule has 1 aliphatic carbocycles. The number of aromatic nitrogens is 5. The Kier molecular flexibility index (Phi) is 6.25. The van der Waals surface area contributed by atoms with Crippen LogP contribution in [0.5, 0.6) is 5.75 Å². The number of ether oxygens (including phenoxy) is 1. The quantitative estimate of drug-likeness (QED) is 0.365. The third-order valence-electron chi connectivity index (χ3n) is 6.80. The zero-order chi connectivity index (χ0) is 27.3. The molecule has 14 heteroatoms. The fourth-order valence-corrected chi connectivity index (χ4v) is 5.29. The number of nitrogens with one attached hydrogen (secondary N) is 1. The average molecular weight is 556 g/mol. The lowest BCUT2D eigenvalue weighted by atomic mass is 10.00. The summed E-state index contributed by atoms with van der Waals surface area (Å²) in [6.07, 6.45) is 1.93. The van der Waals surface area contributed by atoms with E-state index in [4.69, 9.17) is 4.74 Å². The van der Waals surface area contributed by atoms with Crippen molar-refractivity contribution < 1.29 is 22.7 Å². The van der Waals surface area contributed by atoms with E-state index in [9.17, 15) is 22.8 Å². The number of nitrogens with zero attached hydrogens (tertiary/aromatic N) is 6. The van der Waals surface area contributed by atoms with Crippen LogP contribution in [0.2, 0.25) is 0 Å². The standard InChI is InChI=1S/C25H20F3N7O3S/c1-38-19-9-29-18(21(27)28)6-15(19)14-7-20(35-4-2-3-17(26)23(35)37)30-8-16(14)22(36)31-25-32-24(33-39-25)34-10-12-5-13(12)11-34/h2-4,6-9,12-13,21H,5,10-11H2,1H3,(H,31,32,33,36).